The first-order valence-corrected chi connectivity index (χ1v) is 7.63. The first kappa shape index (κ1) is 15.2. The monoisotopic (exact) mass is 335 g/mol. The van der Waals surface area contributed by atoms with E-state index in [-0.39, 0.29) is 11.9 Å². The molecule has 1 N–H and O–H groups in total. The molecule has 2 aromatic rings. The molecule has 0 aliphatic rings. The predicted molar refractivity (Wildman–Crippen MR) is 85.4 cm³/mol. The molecule has 0 radical (unpaired) electrons. The Kier molecular flexibility index (Phi) is 5.32. The maximum Gasteiger partial charge on any atom is 0.123 e. The molecule has 0 aliphatic carbocycles. The van der Waals surface area contributed by atoms with E-state index < -0.39 is 0 Å². The molecule has 0 saturated heterocycles. The average Bonchev–Trinajstić information content (AvgIpc) is 2.43. The summed E-state index contributed by atoms with van der Waals surface area (Å²) < 4.78 is 14.4. The SMILES string of the molecule is CCNC(Cc1cc(F)ccc1Br)c1ccc(C)cc1. The van der Waals surface area contributed by atoms with Crippen LogP contribution in [0.5, 0.6) is 0 Å². The summed E-state index contributed by atoms with van der Waals surface area (Å²) in [6.07, 6.45) is 0.759. The molecule has 0 aliphatic heterocycles. The van der Waals surface area contributed by atoms with E-state index in [1.807, 2.05) is 0 Å². The normalized spacial score (nSPS) is 12.4. The number of aryl methyl sites for hydroxylation is 1. The second-order valence-electron chi connectivity index (χ2n) is 4.96. The van der Waals surface area contributed by atoms with Gasteiger partial charge in [-0.05, 0) is 49.2 Å². The Labute approximate surface area is 128 Å². The zero-order chi connectivity index (χ0) is 14.5. The molecule has 1 unspecified atom stereocenters. The molecule has 1 nitrogen and oxygen atoms in total. The van der Waals surface area contributed by atoms with Gasteiger partial charge in [0, 0.05) is 10.5 Å². The second-order valence-corrected chi connectivity index (χ2v) is 5.82. The lowest BCUT2D eigenvalue weighted by molar-refractivity contribution is 0.545. The number of rotatable bonds is 5. The quantitative estimate of drug-likeness (QED) is 0.828. The number of hydrogen-bond donors (Lipinski definition) is 1. The molecule has 3 heteroatoms. The zero-order valence-electron chi connectivity index (χ0n) is 11.8. The second kappa shape index (κ2) is 7.00. The summed E-state index contributed by atoms with van der Waals surface area (Å²) in [5.41, 5.74) is 3.46. The summed E-state index contributed by atoms with van der Waals surface area (Å²) in [6.45, 7) is 5.04. The van der Waals surface area contributed by atoms with E-state index in [0.717, 1.165) is 23.0 Å². The Balaban J connectivity index is 2.25. The lowest BCUT2D eigenvalue weighted by Crippen LogP contribution is -2.23. The van der Waals surface area contributed by atoms with E-state index in [1.54, 1.807) is 12.1 Å². The fourth-order valence-corrected chi connectivity index (χ4v) is 2.68. The lowest BCUT2D eigenvalue weighted by atomic mass is 9.98. The predicted octanol–water partition coefficient (Wildman–Crippen LogP) is 4.79. The number of nitrogens with one attached hydrogen (secondary N) is 1. The zero-order valence-corrected chi connectivity index (χ0v) is 13.4. The van der Waals surface area contributed by atoms with E-state index in [0.29, 0.717) is 0 Å². The highest BCUT2D eigenvalue weighted by Crippen LogP contribution is 2.25. The number of halogens is 2. The fourth-order valence-electron chi connectivity index (χ4n) is 2.27. The van der Waals surface area contributed by atoms with E-state index in [2.05, 4.69) is 59.4 Å². The van der Waals surface area contributed by atoms with Crippen LogP contribution < -0.4 is 5.32 Å². The molecule has 2 rings (SSSR count). The lowest BCUT2D eigenvalue weighted by Gasteiger charge is -2.19. The van der Waals surface area contributed by atoms with Crippen molar-refractivity contribution in [2.45, 2.75) is 26.3 Å². The van der Waals surface area contributed by atoms with Crippen LogP contribution in [0.25, 0.3) is 0 Å². The third-order valence-corrected chi connectivity index (χ3v) is 4.14. The van der Waals surface area contributed by atoms with Gasteiger partial charge in [0.2, 0.25) is 0 Å². The molecule has 1 atom stereocenters. The van der Waals surface area contributed by atoms with Crippen LogP contribution in [-0.2, 0) is 6.42 Å². The van der Waals surface area contributed by atoms with Gasteiger partial charge in [-0.1, -0.05) is 52.7 Å². The molecule has 2 aromatic carbocycles. The molecule has 20 heavy (non-hydrogen) atoms. The van der Waals surface area contributed by atoms with Crippen LogP contribution in [0.4, 0.5) is 4.39 Å². The van der Waals surface area contributed by atoms with E-state index in [1.165, 1.54) is 17.2 Å². The minimum Gasteiger partial charge on any atom is -0.310 e. The summed E-state index contributed by atoms with van der Waals surface area (Å²) in [4.78, 5) is 0. The summed E-state index contributed by atoms with van der Waals surface area (Å²) in [7, 11) is 0. The van der Waals surface area contributed by atoms with Crippen LogP contribution >= 0.6 is 15.9 Å². The van der Waals surface area contributed by atoms with Crippen LogP contribution in [0.1, 0.15) is 29.7 Å². The van der Waals surface area contributed by atoms with Crippen LogP contribution in [0.2, 0.25) is 0 Å². The van der Waals surface area contributed by atoms with Gasteiger partial charge in [-0.15, -0.1) is 0 Å². The third-order valence-electron chi connectivity index (χ3n) is 3.36. The van der Waals surface area contributed by atoms with Gasteiger partial charge in [0.15, 0.2) is 0 Å². The molecular formula is C17H19BrFN. The fraction of sp³-hybridized carbons (Fsp3) is 0.294. The summed E-state index contributed by atoms with van der Waals surface area (Å²) in [5.74, 6) is -0.192. The Morgan fingerprint density at radius 2 is 1.85 bits per heavy atom. The molecular weight excluding hydrogens is 317 g/mol. The molecule has 0 amide bonds. The summed E-state index contributed by atoms with van der Waals surface area (Å²) in [5, 5.41) is 3.47. The first-order chi connectivity index (χ1) is 9.60. The van der Waals surface area contributed by atoms with Crippen molar-refractivity contribution in [1.29, 1.82) is 0 Å². The molecule has 0 spiro atoms. The van der Waals surface area contributed by atoms with Crippen molar-refractivity contribution < 1.29 is 4.39 Å². The molecule has 106 valence electrons. The first-order valence-electron chi connectivity index (χ1n) is 6.84. The van der Waals surface area contributed by atoms with Gasteiger partial charge in [0.05, 0.1) is 0 Å². The van der Waals surface area contributed by atoms with Crippen molar-refractivity contribution in [2.75, 3.05) is 6.54 Å². The number of likely N-dealkylation sites (N-methyl/N-ethyl adjacent to an activating group) is 1. The van der Waals surface area contributed by atoms with Crippen molar-refractivity contribution in [3.63, 3.8) is 0 Å². The van der Waals surface area contributed by atoms with Crippen molar-refractivity contribution in [3.05, 3.63) is 69.4 Å². The van der Waals surface area contributed by atoms with Gasteiger partial charge < -0.3 is 5.32 Å². The van der Waals surface area contributed by atoms with Crippen LogP contribution in [0.3, 0.4) is 0 Å². The van der Waals surface area contributed by atoms with Crippen LogP contribution in [0, 0.1) is 12.7 Å². The summed E-state index contributed by atoms with van der Waals surface area (Å²) in [6, 6.07) is 13.5. The van der Waals surface area contributed by atoms with Crippen molar-refractivity contribution >= 4 is 15.9 Å². The highest BCUT2D eigenvalue weighted by Gasteiger charge is 2.13. The maximum absolute atomic E-state index is 13.4. The standard InChI is InChI=1S/C17H19BrFN/c1-3-20-17(13-6-4-12(2)5-7-13)11-14-10-15(19)8-9-16(14)18/h4-10,17,20H,3,11H2,1-2H3. The van der Waals surface area contributed by atoms with Gasteiger partial charge in [-0.3, -0.25) is 0 Å². The smallest absolute Gasteiger partial charge is 0.123 e. The van der Waals surface area contributed by atoms with Crippen LogP contribution in [-0.4, -0.2) is 6.54 Å². The molecule has 0 heterocycles. The van der Waals surface area contributed by atoms with Crippen molar-refractivity contribution in [2.24, 2.45) is 0 Å². The van der Waals surface area contributed by atoms with Crippen molar-refractivity contribution in [3.8, 4) is 0 Å². The van der Waals surface area contributed by atoms with Gasteiger partial charge in [0.1, 0.15) is 5.82 Å². The van der Waals surface area contributed by atoms with Crippen molar-refractivity contribution in [1.82, 2.24) is 5.32 Å². The Bertz CT molecular complexity index is 566. The minimum absolute atomic E-state index is 0.192. The highest BCUT2D eigenvalue weighted by atomic mass is 79.9. The topological polar surface area (TPSA) is 12.0 Å². The van der Waals surface area contributed by atoms with Gasteiger partial charge in [-0.25, -0.2) is 4.39 Å². The van der Waals surface area contributed by atoms with E-state index >= 15 is 0 Å². The largest absolute Gasteiger partial charge is 0.310 e. The average molecular weight is 336 g/mol. The van der Waals surface area contributed by atoms with Crippen LogP contribution in [0.15, 0.2) is 46.9 Å². The molecule has 0 fully saturated rings. The Hall–Kier alpha value is -1.19. The third kappa shape index (κ3) is 3.90. The van der Waals surface area contributed by atoms with Gasteiger partial charge >= 0.3 is 0 Å². The van der Waals surface area contributed by atoms with Gasteiger partial charge in [-0.2, -0.15) is 0 Å². The Morgan fingerprint density at radius 3 is 2.50 bits per heavy atom. The minimum atomic E-state index is -0.192. The van der Waals surface area contributed by atoms with E-state index in [4.69, 9.17) is 0 Å². The van der Waals surface area contributed by atoms with Gasteiger partial charge in [0.25, 0.3) is 0 Å². The highest BCUT2D eigenvalue weighted by molar-refractivity contribution is 9.10. The Morgan fingerprint density at radius 1 is 1.15 bits per heavy atom. The molecule has 0 aromatic heterocycles. The molecule has 0 bridgehead atoms. The maximum atomic E-state index is 13.4. The summed E-state index contributed by atoms with van der Waals surface area (Å²) >= 11 is 3.50. The molecule has 0 saturated carbocycles. The number of benzene rings is 2. The van der Waals surface area contributed by atoms with E-state index in [9.17, 15) is 4.39 Å². The number of hydrogen-bond acceptors (Lipinski definition) is 1.